The Kier molecular flexibility index (Phi) is 68.1. The van der Waals surface area contributed by atoms with E-state index in [1.807, 2.05) is 0 Å². The monoisotopic (exact) mass is 1440 g/mol. The first kappa shape index (κ1) is 96.1. The maximum absolute atomic E-state index is 13.1. The van der Waals surface area contributed by atoms with Gasteiger partial charge in [0.25, 0.3) is 0 Å². The number of esters is 4. The van der Waals surface area contributed by atoms with E-state index in [0.29, 0.717) is 31.6 Å². The van der Waals surface area contributed by atoms with E-state index in [2.05, 4.69) is 48.5 Å². The molecule has 19 heteroatoms. The van der Waals surface area contributed by atoms with Crippen LogP contribution in [0.15, 0.2) is 0 Å². The molecule has 0 fully saturated rings. The average Bonchev–Trinajstić information content (AvgIpc) is 1.16. The van der Waals surface area contributed by atoms with E-state index >= 15 is 0 Å². The van der Waals surface area contributed by atoms with Crippen molar-refractivity contribution in [2.24, 2.45) is 17.8 Å². The molecule has 0 bridgehead atoms. The van der Waals surface area contributed by atoms with Crippen LogP contribution in [-0.4, -0.2) is 96.7 Å². The topological polar surface area (TPSA) is 237 Å². The van der Waals surface area contributed by atoms with E-state index in [-0.39, 0.29) is 25.7 Å². The predicted molar refractivity (Wildman–Crippen MR) is 400 cm³/mol. The largest absolute Gasteiger partial charge is 0.472 e. The second-order valence-electron chi connectivity index (χ2n) is 29.6. The lowest BCUT2D eigenvalue weighted by atomic mass is 9.99. The number of aliphatic hydroxyl groups excluding tert-OH is 1. The van der Waals surface area contributed by atoms with E-state index in [1.165, 1.54) is 212 Å². The first-order chi connectivity index (χ1) is 47.3. The number of phosphoric acid groups is 2. The fourth-order valence-corrected chi connectivity index (χ4v) is 13.7. The maximum Gasteiger partial charge on any atom is 0.472 e. The van der Waals surface area contributed by atoms with Gasteiger partial charge < -0.3 is 33.8 Å². The molecule has 0 saturated carbocycles. The van der Waals surface area contributed by atoms with Gasteiger partial charge in [0.2, 0.25) is 0 Å². The van der Waals surface area contributed by atoms with Gasteiger partial charge in [0.05, 0.1) is 26.4 Å². The fourth-order valence-electron chi connectivity index (χ4n) is 12.1. The van der Waals surface area contributed by atoms with Crippen LogP contribution in [0.5, 0.6) is 0 Å². The van der Waals surface area contributed by atoms with Crippen molar-refractivity contribution < 1.29 is 80.2 Å². The number of rotatable bonds is 77. The highest BCUT2D eigenvalue weighted by molar-refractivity contribution is 7.47. The predicted octanol–water partition coefficient (Wildman–Crippen LogP) is 23.4. The van der Waals surface area contributed by atoms with Gasteiger partial charge in [-0.3, -0.25) is 37.3 Å². The zero-order valence-electron chi connectivity index (χ0n) is 64.3. The molecule has 0 aliphatic carbocycles. The van der Waals surface area contributed by atoms with Crippen LogP contribution >= 0.6 is 15.6 Å². The molecule has 0 aliphatic rings. The van der Waals surface area contributed by atoms with Crippen molar-refractivity contribution in [2.45, 2.75) is 426 Å². The number of hydrogen-bond acceptors (Lipinski definition) is 15. The number of unbranched alkanes of at least 4 members (excludes halogenated alkanes) is 44. The summed E-state index contributed by atoms with van der Waals surface area (Å²) in [7, 11) is -9.92. The van der Waals surface area contributed by atoms with Crippen molar-refractivity contribution >= 4 is 39.5 Å². The van der Waals surface area contributed by atoms with Gasteiger partial charge in [-0.15, -0.1) is 0 Å². The molecule has 0 rings (SSSR count). The van der Waals surface area contributed by atoms with Crippen molar-refractivity contribution in [1.82, 2.24) is 0 Å². The normalized spacial score (nSPS) is 14.3. The molecular formula is C79H154O17P2. The molecule has 6 atom stereocenters. The maximum atomic E-state index is 13.1. The van der Waals surface area contributed by atoms with Gasteiger partial charge in [-0.1, -0.05) is 357 Å². The molecule has 0 aromatic carbocycles. The third-order valence-electron chi connectivity index (χ3n) is 18.7. The third kappa shape index (κ3) is 71.1. The number of aliphatic hydroxyl groups is 1. The van der Waals surface area contributed by atoms with Crippen molar-refractivity contribution in [2.75, 3.05) is 39.6 Å². The SMILES string of the molecule is CCCCCCCCCCCCCCCCC(=O)O[C@H](COC(=O)CCCCCCCCC(C)C)COP(=O)(O)OC[C@H](O)COP(=O)(O)OC[C@@H](COC(=O)CCCCCCCCCCCCC(C)CC)OC(=O)CCCCCCCCCCCCCCCCCCCCC(C)C. The van der Waals surface area contributed by atoms with E-state index in [9.17, 15) is 43.2 Å². The van der Waals surface area contributed by atoms with Crippen LogP contribution < -0.4 is 0 Å². The molecule has 3 unspecified atom stereocenters. The lowest BCUT2D eigenvalue weighted by Crippen LogP contribution is -2.30. The number of hydrogen-bond donors (Lipinski definition) is 3. The van der Waals surface area contributed by atoms with Crippen LogP contribution in [0.4, 0.5) is 0 Å². The van der Waals surface area contributed by atoms with Crippen LogP contribution in [0.3, 0.4) is 0 Å². The summed E-state index contributed by atoms with van der Waals surface area (Å²) in [6.07, 6.45) is 57.0. The van der Waals surface area contributed by atoms with Gasteiger partial charge in [0.15, 0.2) is 12.2 Å². The first-order valence-electron chi connectivity index (χ1n) is 40.9. The average molecular weight is 1440 g/mol. The highest BCUT2D eigenvalue weighted by Crippen LogP contribution is 2.45. The van der Waals surface area contributed by atoms with Crippen molar-refractivity contribution in [3.05, 3.63) is 0 Å². The van der Waals surface area contributed by atoms with Crippen molar-refractivity contribution in [3.8, 4) is 0 Å². The van der Waals surface area contributed by atoms with Gasteiger partial charge in [-0.2, -0.15) is 0 Å². The van der Waals surface area contributed by atoms with Crippen LogP contribution in [0.25, 0.3) is 0 Å². The summed E-state index contributed by atoms with van der Waals surface area (Å²) in [5, 5.41) is 10.6. The summed E-state index contributed by atoms with van der Waals surface area (Å²) in [5.41, 5.74) is 0. The van der Waals surface area contributed by atoms with Crippen LogP contribution in [0.1, 0.15) is 408 Å². The highest BCUT2D eigenvalue weighted by atomic mass is 31.2. The Bertz CT molecular complexity index is 1910. The first-order valence-corrected chi connectivity index (χ1v) is 43.9. The summed E-state index contributed by atoms with van der Waals surface area (Å²) in [4.78, 5) is 72.9. The Morgan fingerprint density at radius 3 is 0.776 bits per heavy atom. The Labute approximate surface area is 600 Å². The minimum atomic E-state index is -4.96. The molecule has 0 heterocycles. The van der Waals surface area contributed by atoms with E-state index < -0.39 is 97.5 Å². The second kappa shape index (κ2) is 69.4. The summed E-state index contributed by atoms with van der Waals surface area (Å²) in [6, 6.07) is 0. The molecular weight excluding hydrogens is 1280 g/mol. The van der Waals surface area contributed by atoms with Gasteiger partial charge >= 0.3 is 39.5 Å². The van der Waals surface area contributed by atoms with Gasteiger partial charge in [-0.25, -0.2) is 9.13 Å². The van der Waals surface area contributed by atoms with E-state index in [4.69, 9.17) is 37.0 Å². The highest BCUT2D eigenvalue weighted by Gasteiger charge is 2.30. The number of carbonyl (C=O) groups is 4. The molecule has 17 nitrogen and oxygen atoms in total. The number of ether oxygens (including phenoxy) is 4. The zero-order valence-corrected chi connectivity index (χ0v) is 66.0. The molecule has 0 aromatic heterocycles. The quantitative estimate of drug-likeness (QED) is 0.0222. The molecule has 0 amide bonds. The summed E-state index contributed by atoms with van der Waals surface area (Å²) < 4.78 is 68.6. The smallest absolute Gasteiger partial charge is 0.462 e. The van der Waals surface area contributed by atoms with Crippen LogP contribution in [0.2, 0.25) is 0 Å². The van der Waals surface area contributed by atoms with E-state index in [1.54, 1.807) is 0 Å². The molecule has 0 spiro atoms. The van der Waals surface area contributed by atoms with Gasteiger partial charge in [-0.05, 0) is 43.4 Å². The zero-order chi connectivity index (χ0) is 72.3. The molecule has 582 valence electrons. The Balaban J connectivity index is 5.21. The van der Waals surface area contributed by atoms with Crippen molar-refractivity contribution in [3.63, 3.8) is 0 Å². The van der Waals surface area contributed by atoms with Crippen LogP contribution in [0, 0.1) is 17.8 Å². The Hall–Kier alpha value is -1.94. The number of carbonyl (C=O) groups excluding carboxylic acids is 4. The molecule has 3 N–H and O–H groups in total. The summed E-state index contributed by atoms with van der Waals surface area (Å²) in [6.45, 7) is 11.9. The molecule has 98 heavy (non-hydrogen) atoms. The lowest BCUT2D eigenvalue weighted by molar-refractivity contribution is -0.161. The lowest BCUT2D eigenvalue weighted by Gasteiger charge is -2.21. The van der Waals surface area contributed by atoms with Gasteiger partial charge in [0, 0.05) is 25.7 Å². The third-order valence-corrected chi connectivity index (χ3v) is 20.6. The summed E-state index contributed by atoms with van der Waals surface area (Å²) in [5.74, 6) is 0.194. The van der Waals surface area contributed by atoms with Gasteiger partial charge in [0.1, 0.15) is 19.3 Å². The Morgan fingerprint density at radius 2 is 0.520 bits per heavy atom. The van der Waals surface area contributed by atoms with E-state index in [0.717, 1.165) is 108 Å². The second-order valence-corrected chi connectivity index (χ2v) is 32.6. The number of phosphoric ester groups is 2. The fraction of sp³-hybridized carbons (Fsp3) is 0.949. The van der Waals surface area contributed by atoms with Crippen molar-refractivity contribution in [1.29, 1.82) is 0 Å². The minimum Gasteiger partial charge on any atom is -0.462 e. The molecule has 0 aliphatic heterocycles. The van der Waals surface area contributed by atoms with Crippen LogP contribution in [-0.2, 0) is 65.4 Å². The minimum absolute atomic E-state index is 0.107. The standard InChI is InChI=1S/C79H154O17P2/c1-8-10-11-12-13-14-15-16-24-27-34-39-48-55-62-79(84)96-75(67-90-77(82)61-54-47-42-41-44-51-58-71(5)6)69-94-98(87,88)92-65-73(80)64-91-97(85,86)93-68-74(66-89-76(81)60-53-46-38-33-30-29-32-37-45-52-59-72(7)9-2)95-78(83)63-56-49-40-35-28-25-22-20-18-17-19-21-23-26-31-36-43-50-57-70(3)4/h70-75,80H,8-69H2,1-7H3,(H,85,86)(H,87,88)/t72?,73-,74-,75-/m1/s1. The Morgan fingerprint density at radius 1 is 0.296 bits per heavy atom. The molecule has 0 saturated heterocycles. The summed E-state index contributed by atoms with van der Waals surface area (Å²) >= 11 is 0. The molecule has 0 radical (unpaired) electrons. The molecule has 0 aromatic rings.